The molecular weight excluding hydrogens is 354 g/mol. The molecule has 6 nitrogen and oxygen atoms in total. The Morgan fingerprint density at radius 3 is 2.69 bits per heavy atom. The molecule has 2 fully saturated rings. The summed E-state index contributed by atoms with van der Waals surface area (Å²) in [5.41, 5.74) is 0. The van der Waals surface area contributed by atoms with Gasteiger partial charge in [0.25, 0.3) is 0 Å². The fourth-order valence-corrected chi connectivity index (χ4v) is 5.29. The van der Waals surface area contributed by atoms with Crippen molar-refractivity contribution in [3.63, 3.8) is 0 Å². The zero-order valence-corrected chi connectivity index (χ0v) is 15.8. The van der Waals surface area contributed by atoms with E-state index in [1.54, 1.807) is 4.90 Å². The third kappa shape index (κ3) is 5.45. The van der Waals surface area contributed by atoms with Crippen LogP contribution in [0.2, 0.25) is 0 Å². The van der Waals surface area contributed by atoms with Gasteiger partial charge in [0.15, 0.2) is 9.84 Å². The summed E-state index contributed by atoms with van der Waals surface area (Å²) in [6, 6.07) is 9.29. The van der Waals surface area contributed by atoms with Crippen molar-refractivity contribution in [3.05, 3.63) is 30.3 Å². The number of nitrogens with zero attached hydrogens (tertiary/aromatic N) is 1. The highest BCUT2D eigenvalue weighted by Gasteiger charge is 2.36. The summed E-state index contributed by atoms with van der Waals surface area (Å²) in [5, 5.41) is 0. The van der Waals surface area contributed by atoms with Crippen LogP contribution < -0.4 is 4.74 Å². The Balaban J connectivity index is 1.52. The summed E-state index contributed by atoms with van der Waals surface area (Å²) >= 11 is 0. The summed E-state index contributed by atoms with van der Waals surface area (Å²) < 4.78 is 35.0. The fourth-order valence-electron chi connectivity index (χ4n) is 3.56. The van der Waals surface area contributed by atoms with E-state index in [1.165, 1.54) is 0 Å². The van der Waals surface area contributed by atoms with Gasteiger partial charge in [0.2, 0.25) is 5.91 Å². The molecule has 2 heterocycles. The molecule has 144 valence electrons. The van der Waals surface area contributed by atoms with Crippen LogP contribution in [0.4, 0.5) is 0 Å². The van der Waals surface area contributed by atoms with Gasteiger partial charge < -0.3 is 14.4 Å². The third-order valence-electron chi connectivity index (χ3n) is 4.94. The van der Waals surface area contributed by atoms with Gasteiger partial charge in [-0.15, -0.1) is 0 Å². The number of sulfone groups is 1. The van der Waals surface area contributed by atoms with Gasteiger partial charge in [0, 0.05) is 25.6 Å². The van der Waals surface area contributed by atoms with Crippen molar-refractivity contribution in [1.29, 1.82) is 0 Å². The van der Waals surface area contributed by atoms with Gasteiger partial charge in [-0.1, -0.05) is 18.2 Å². The first kappa shape index (κ1) is 19.2. The Kier molecular flexibility index (Phi) is 6.53. The molecule has 0 radical (unpaired) electrons. The number of hydrogen-bond donors (Lipinski definition) is 0. The Labute approximate surface area is 155 Å². The molecule has 0 spiro atoms. The van der Waals surface area contributed by atoms with Crippen LogP contribution in [0.3, 0.4) is 0 Å². The van der Waals surface area contributed by atoms with Gasteiger partial charge in [-0.3, -0.25) is 4.79 Å². The molecular formula is C19H27NO5S. The number of rotatable bonds is 8. The molecule has 0 aromatic heterocycles. The molecule has 2 aliphatic rings. The van der Waals surface area contributed by atoms with E-state index in [9.17, 15) is 13.2 Å². The molecule has 7 heteroatoms. The predicted octanol–water partition coefficient (Wildman–Crippen LogP) is 2.04. The lowest BCUT2D eigenvalue weighted by atomic mass is 10.1. The van der Waals surface area contributed by atoms with Crippen LogP contribution in [0.15, 0.2) is 30.3 Å². The second-order valence-corrected chi connectivity index (χ2v) is 9.23. The van der Waals surface area contributed by atoms with Gasteiger partial charge in [0.05, 0.1) is 24.2 Å². The van der Waals surface area contributed by atoms with E-state index in [0.29, 0.717) is 32.4 Å². The molecule has 3 rings (SSSR count). The Morgan fingerprint density at radius 2 is 2.04 bits per heavy atom. The minimum Gasteiger partial charge on any atom is -0.494 e. The number of hydrogen-bond acceptors (Lipinski definition) is 5. The highest BCUT2D eigenvalue weighted by atomic mass is 32.2. The fraction of sp³-hybridized carbons (Fsp3) is 0.632. The van der Waals surface area contributed by atoms with Crippen molar-refractivity contribution < 1.29 is 22.7 Å². The summed E-state index contributed by atoms with van der Waals surface area (Å²) in [5.74, 6) is 1.04. The standard InChI is InChI=1S/C19H27NO5S/c21-19(9-5-12-24-17-6-2-1-3-7-17)20(14-18-8-4-11-25-18)16-10-13-26(22,23)15-16/h1-3,6-7,16,18H,4-5,8-15H2/t16-,18-/m1/s1. The Hall–Kier alpha value is -1.60. The van der Waals surface area contributed by atoms with Crippen LogP contribution in [0.25, 0.3) is 0 Å². The first-order valence-corrected chi connectivity index (χ1v) is 11.1. The van der Waals surface area contributed by atoms with Crippen LogP contribution in [0, 0.1) is 0 Å². The number of benzene rings is 1. The predicted molar refractivity (Wildman–Crippen MR) is 98.9 cm³/mol. The largest absolute Gasteiger partial charge is 0.494 e. The van der Waals surface area contributed by atoms with E-state index in [0.717, 1.165) is 25.2 Å². The van der Waals surface area contributed by atoms with Crippen molar-refractivity contribution in [3.8, 4) is 5.75 Å². The topological polar surface area (TPSA) is 72.9 Å². The molecule has 1 amide bonds. The van der Waals surface area contributed by atoms with E-state index in [2.05, 4.69) is 0 Å². The van der Waals surface area contributed by atoms with Gasteiger partial charge in [-0.25, -0.2) is 8.42 Å². The molecule has 1 aromatic rings. The summed E-state index contributed by atoms with van der Waals surface area (Å²) in [7, 11) is -3.03. The molecule has 26 heavy (non-hydrogen) atoms. The summed E-state index contributed by atoms with van der Waals surface area (Å²) in [6.07, 6.45) is 3.45. The number of amides is 1. The molecule has 0 saturated carbocycles. The third-order valence-corrected chi connectivity index (χ3v) is 6.69. The van der Waals surface area contributed by atoms with E-state index < -0.39 is 9.84 Å². The summed E-state index contributed by atoms with van der Waals surface area (Å²) in [4.78, 5) is 14.5. The van der Waals surface area contributed by atoms with E-state index in [-0.39, 0.29) is 29.6 Å². The quantitative estimate of drug-likeness (QED) is 0.645. The molecule has 2 atom stereocenters. The second kappa shape index (κ2) is 8.86. The molecule has 0 unspecified atom stereocenters. The zero-order chi connectivity index (χ0) is 18.4. The van der Waals surface area contributed by atoms with Crippen molar-refractivity contribution in [1.82, 2.24) is 4.90 Å². The van der Waals surface area contributed by atoms with Crippen molar-refractivity contribution in [2.45, 2.75) is 44.2 Å². The monoisotopic (exact) mass is 381 g/mol. The Bertz CT molecular complexity index is 685. The molecule has 0 bridgehead atoms. The van der Waals surface area contributed by atoms with Crippen LogP contribution >= 0.6 is 0 Å². The van der Waals surface area contributed by atoms with Crippen molar-refractivity contribution in [2.24, 2.45) is 0 Å². The van der Waals surface area contributed by atoms with Crippen molar-refractivity contribution >= 4 is 15.7 Å². The maximum atomic E-state index is 12.8. The van der Waals surface area contributed by atoms with Crippen molar-refractivity contribution in [2.75, 3.05) is 31.3 Å². The molecule has 2 saturated heterocycles. The zero-order valence-electron chi connectivity index (χ0n) is 15.0. The lowest BCUT2D eigenvalue weighted by Crippen LogP contribution is -2.45. The van der Waals surface area contributed by atoms with Crippen LogP contribution in [0.1, 0.15) is 32.1 Å². The molecule has 2 aliphatic heterocycles. The average molecular weight is 381 g/mol. The van der Waals surface area contributed by atoms with Gasteiger partial charge >= 0.3 is 0 Å². The lowest BCUT2D eigenvalue weighted by molar-refractivity contribution is -0.135. The van der Waals surface area contributed by atoms with Gasteiger partial charge in [-0.05, 0) is 37.8 Å². The highest BCUT2D eigenvalue weighted by Crippen LogP contribution is 2.22. The Morgan fingerprint density at radius 1 is 1.23 bits per heavy atom. The first-order chi connectivity index (χ1) is 12.5. The number of carbonyl (C=O) groups is 1. The first-order valence-electron chi connectivity index (χ1n) is 9.33. The molecule has 0 aliphatic carbocycles. The smallest absolute Gasteiger partial charge is 0.223 e. The maximum absolute atomic E-state index is 12.8. The number of carbonyl (C=O) groups excluding carboxylic acids is 1. The van der Waals surface area contributed by atoms with Crippen LogP contribution in [0.5, 0.6) is 5.75 Å². The van der Waals surface area contributed by atoms with E-state index in [1.807, 2.05) is 30.3 Å². The van der Waals surface area contributed by atoms with Gasteiger partial charge in [-0.2, -0.15) is 0 Å². The average Bonchev–Trinajstić information content (AvgIpc) is 3.26. The highest BCUT2D eigenvalue weighted by molar-refractivity contribution is 7.91. The normalized spacial score (nSPS) is 24.5. The SMILES string of the molecule is O=C(CCCOc1ccccc1)N(C[C@H]1CCCO1)[C@@H]1CCS(=O)(=O)C1. The van der Waals surface area contributed by atoms with E-state index in [4.69, 9.17) is 9.47 Å². The molecule has 0 N–H and O–H groups in total. The maximum Gasteiger partial charge on any atom is 0.223 e. The second-order valence-electron chi connectivity index (χ2n) is 7.00. The van der Waals surface area contributed by atoms with Gasteiger partial charge in [0.1, 0.15) is 5.75 Å². The minimum atomic E-state index is -3.03. The minimum absolute atomic E-state index is 0.000684. The summed E-state index contributed by atoms with van der Waals surface area (Å²) in [6.45, 7) is 1.69. The van der Waals surface area contributed by atoms with Crippen LogP contribution in [-0.2, 0) is 19.4 Å². The van der Waals surface area contributed by atoms with Crippen LogP contribution in [-0.4, -0.2) is 62.6 Å². The number of ether oxygens (including phenoxy) is 2. The lowest BCUT2D eigenvalue weighted by Gasteiger charge is -2.30. The van der Waals surface area contributed by atoms with E-state index >= 15 is 0 Å². The number of para-hydroxylation sites is 1. The molecule has 1 aromatic carbocycles.